The molecule has 1 aliphatic rings. The van der Waals surface area contributed by atoms with Crippen LogP contribution in [0.25, 0.3) is 0 Å². The molecule has 1 aromatic carbocycles. The van der Waals surface area contributed by atoms with Gasteiger partial charge in [-0.3, -0.25) is 4.79 Å². The van der Waals surface area contributed by atoms with Crippen LogP contribution in [0.4, 0.5) is 4.39 Å². The summed E-state index contributed by atoms with van der Waals surface area (Å²) in [5.41, 5.74) is 4.43. The molecule has 1 heterocycles. The van der Waals surface area contributed by atoms with Crippen LogP contribution in [0.5, 0.6) is 0 Å². The van der Waals surface area contributed by atoms with E-state index in [4.69, 9.17) is 22.1 Å². The van der Waals surface area contributed by atoms with Crippen LogP contribution in [0.3, 0.4) is 0 Å². The van der Waals surface area contributed by atoms with Crippen LogP contribution in [0.15, 0.2) is 23.1 Å². The molecule has 6 nitrogen and oxygen atoms in total. The zero-order valence-electron chi connectivity index (χ0n) is 11.6. The van der Waals surface area contributed by atoms with E-state index in [9.17, 15) is 17.6 Å². The first-order chi connectivity index (χ1) is 10.3. The Hall–Kier alpha value is -1.22. The first kappa shape index (κ1) is 17.1. The average Bonchev–Trinajstić information content (AvgIpc) is 2.45. The van der Waals surface area contributed by atoms with Crippen molar-refractivity contribution in [2.24, 2.45) is 11.1 Å². The summed E-state index contributed by atoms with van der Waals surface area (Å²) in [5, 5.41) is -0.229. The van der Waals surface area contributed by atoms with Crippen molar-refractivity contribution in [2.45, 2.75) is 17.7 Å². The van der Waals surface area contributed by atoms with Crippen LogP contribution >= 0.6 is 11.6 Å². The molecule has 1 saturated heterocycles. The summed E-state index contributed by atoms with van der Waals surface area (Å²) in [5.74, 6) is -1.22. The van der Waals surface area contributed by atoms with Gasteiger partial charge in [0.15, 0.2) is 0 Å². The third-order valence-electron chi connectivity index (χ3n) is 3.76. The van der Waals surface area contributed by atoms with Gasteiger partial charge < -0.3 is 10.5 Å². The summed E-state index contributed by atoms with van der Waals surface area (Å²) < 4.78 is 45.1. The Morgan fingerprint density at radius 3 is 2.59 bits per heavy atom. The number of ether oxygens (including phenoxy) is 1. The summed E-state index contributed by atoms with van der Waals surface area (Å²) in [6.07, 6.45) is 0.671. The maximum atomic E-state index is 13.0. The van der Waals surface area contributed by atoms with E-state index >= 15 is 0 Å². The van der Waals surface area contributed by atoms with Crippen molar-refractivity contribution in [3.8, 4) is 0 Å². The van der Waals surface area contributed by atoms with Gasteiger partial charge in [0.2, 0.25) is 15.9 Å². The quantitative estimate of drug-likeness (QED) is 0.828. The van der Waals surface area contributed by atoms with E-state index in [0.29, 0.717) is 26.1 Å². The first-order valence-corrected chi connectivity index (χ1v) is 8.45. The predicted octanol–water partition coefficient (Wildman–Crippen LogP) is 1.04. The Balaban J connectivity index is 2.19. The molecule has 1 aliphatic heterocycles. The van der Waals surface area contributed by atoms with Crippen molar-refractivity contribution in [1.82, 2.24) is 4.72 Å². The summed E-state index contributed by atoms with van der Waals surface area (Å²) in [7, 11) is -3.98. The smallest absolute Gasteiger partial charge is 0.242 e. The van der Waals surface area contributed by atoms with E-state index in [1.165, 1.54) is 0 Å². The highest BCUT2D eigenvalue weighted by molar-refractivity contribution is 7.89. The Morgan fingerprint density at radius 2 is 2.05 bits per heavy atom. The second-order valence-electron chi connectivity index (χ2n) is 5.16. The lowest BCUT2D eigenvalue weighted by molar-refractivity contribution is -0.132. The zero-order chi connectivity index (χ0) is 16.4. The second-order valence-corrected chi connectivity index (χ2v) is 7.30. The molecule has 1 aromatic rings. The molecule has 0 saturated carbocycles. The first-order valence-electron chi connectivity index (χ1n) is 6.59. The molecule has 9 heteroatoms. The van der Waals surface area contributed by atoms with Crippen molar-refractivity contribution < 1.29 is 22.3 Å². The number of halogens is 2. The number of nitrogens with one attached hydrogen (secondary N) is 1. The van der Waals surface area contributed by atoms with Crippen molar-refractivity contribution in [1.29, 1.82) is 0 Å². The van der Waals surface area contributed by atoms with Crippen LogP contribution in [0.1, 0.15) is 12.8 Å². The Bertz CT molecular complexity index is 675. The standard InChI is InChI=1S/C13H16ClFN2O4S/c14-10-7-9(15)1-2-11(10)22(19,20)17-8-13(12(16)18)3-5-21-6-4-13/h1-2,7,17H,3-6,8H2,(H2,16,18). The normalized spacial score (nSPS) is 18.1. The lowest BCUT2D eigenvalue weighted by Gasteiger charge is -2.34. The Labute approximate surface area is 132 Å². The van der Waals surface area contributed by atoms with Crippen molar-refractivity contribution in [2.75, 3.05) is 19.8 Å². The molecule has 0 unspecified atom stereocenters. The highest BCUT2D eigenvalue weighted by Crippen LogP contribution is 2.30. The van der Waals surface area contributed by atoms with Gasteiger partial charge >= 0.3 is 0 Å². The van der Waals surface area contributed by atoms with Crippen LogP contribution < -0.4 is 10.5 Å². The van der Waals surface area contributed by atoms with Crippen LogP contribution in [0, 0.1) is 11.2 Å². The molecule has 3 N–H and O–H groups in total. The van der Waals surface area contributed by atoms with Gasteiger partial charge in [-0.05, 0) is 31.0 Å². The van der Waals surface area contributed by atoms with E-state index in [0.717, 1.165) is 18.2 Å². The molecule has 22 heavy (non-hydrogen) atoms. The van der Waals surface area contributed by atoms with E-state index in [2.05, 4.69) is 4.72 Å². The van der Waals surface area contributed by atoms with Crippen LogP contribution in [-0.4, -0.2) is 34.1 Å². The van der Waals surface area contributed by atoms with Crippen LogP contribution in [0.2, 0.25) is 5.02 Å². The van der Waals surface area contributed by atoms with E-state index in [1.54, 1.807) is 0 Å². The van der Waals surface area contributed by atoms with Crippen LogP contribution in [-0.2, 0) is 19.6 Å². The van der Waals surface area contributed by atoms with Crippen molar-refractivity contribution in [3.05, 3.63) is 29.0 Å². The van der Waals surface area contributed by atoms with Gasteiger partial charge in [0, 0.05) is 19.8 Å². The SMILES string of the molecule is NC(=O)C1(CNS(=O)(=O)c2ccc(F)cc2Cl)CCOCC1. The van der Waals surface area contributed by atoms with Crippen molar-refractivity contribution in [3.63, 3.8) is 0 Å². The Kier molecular flexibility index (Phi) is 5.06. The predicted molar refractivity (Wildman–Crippen MR) is 78.3 cm³/mol. The molecule has 2 rings (SSSR count). The summed E-state index contributed by atoms with van der Waals surface area (Å²) in [6.45, 7) is 0.520. The third kappa shape index (κ3) is 3.57. The summed E-state index contributed by atoms with van der Waals surface area (Å²) in [4.78, 5) is 11.4. The number of amides is 1. The maximum absolute atomic E-state index is 13.0. The zero-order valence-corrected chi connectivity index (χ0v) is 13.2. The number of carbonyl (C=O) groups is 1. The number of primary amides is 1. The molecular formula is C13H16ClFN2O4S. The largest absolute Gasteiger partial charge is 0.381 e. The highest BCUT2D eigenvalue weighted by atomic mass is 35.5. The molecule has 0 aliphatic carbocycles. The Morgan fingerprint density at radius 1 is 1.41 bits per heavy atom. The summed E-state index contributed by atoms with van der Waals surface area (Å²) >= 11 is 5.76. The molecule has 122 valence electrons. The number of benzene rings is 1. The third-order valence-corrected chi connectivity index (χ3v) is 5.64. The van der Waals surface area contributed by atoms with Gasteiger partial charge in [0.05, 0.1) is 10.4 Å². The number of hydrogen-bond donors (Lipinski definition) is 2. The number of nitrogens with two attached hydrogens (primary N) is 1. The molecule has 0 radical (unpaired) electrons. The monoisotopic (exact) mass is 350 g/mol. The number of rotatable bonds is 5. The van der Waals surface area contributed by atoms with Gasteiger partial charge in [0.25, 0.3) is 0 Å². The number of hydrogen-bond acceptors (Lipinski definition) is 4. The fourth-order valence-electron chi connectivity index (χ4n) is 2.28. The number of carbonyl (C=O) groups excluding carboxylic acids is 1. The van der Waals surface area contributed by atoms with Gasteiger partial charge in [-0.1, -0.05) is 11.6 Å². The maximum Gasteiger partial charge on any atom is 0.242 e. The fourth-order valence-corrected chi connectivity index (χ4v) is 3.93. The van der Waals surface area contributed by atoms with E-state index in [-0.39, 0.29) is 16.5 Å². The molecule has 0 spiro atoms. The molecule has 0 bridgehead atoms. The van der Waals surface area contributed by atoms with E-state index < -0.39 is 27.2 Å². The lowest BCUT2D eigenvalue weighted by atomic mass is 9.80. The molecule has 1 fully saturated rings. The van der Waals surface area contributed by atoms with Gasteiger partial charge in [-0.25, -0.2) is 17.5 Å². The lowest BCUT2D eigenvalue weighted by Crippen LogP contribution is -2.49. The van der Waals surface area contributed by atoms with Gasteiger partial charge in [-0.2, -0.15) is 0 Å². The average molecular weight is 351 g/mol. The van der Waals surface area contributed by atoms with Gasteiger partial charge in [-0.15, -0.1) is 0 Å². The molecule has 1 amide bonds. The summed E-state index contributed by atoms with van der Waals surface area (Å²) in [6, 6.07) is 2.98. The number of sulfonamides is 1. The topological polar surface area (TPSA) is 98.5 Å². The van der Waals surface area contributed by atoms with E-state index in [1.807, 2.05) is 0 Å². The second kappa shape index (κ2) is 6.49. The minimum absolute atomic E-state index is 0.151. The fraction of sp³-hybridized carbons (Fsp3) is 0.462. The highest BCUT2D eigenvalue weighted by Gasteiger charge is 2.39. The molecule has 0 aromatic heterocycles. The van der Waals surface area contributed by atoms with Crippen molar-refractivity contribution >= 4 is 27.5 Å². The molecule has 0 atom stereocenters. The minimum Gasteiger partial charge on any atom is -0.381 e. The minimum atomic E-state index is -3.98. The van der Waals surface area contributed by atoms with Gasteiger partial charge in [0.1, 0.15) is 10.7 Å². The molecular weight excluding hydrogens is 335 g/mol.